The first kappa shape index (κ1) is 16.7. The Kier molecular flexibility index (Phi) is 4.71. The molecule has 7 nitrogen and oxygen atoms in total. The first-order chi connectivity index (χ1) is 11.5. The lowest BCUT2D eigenvalue weighted by Gasteiger charge is -2.38. The highest BCUT2D eigenvalue weighted by Gasteiger charge is 2.38. The van der Waals surface area contributed by atoms with Crippen molar-refractivity contribution in [2.45, 2.75) is 26.2 Å². The highest BCUT2D eigenvalue weighted by Crippen LogP contribution is 2.37. The molecule has 1 amide bonds. The second kappa shape index (κ2) is 6.76. The molecule has 0 aromatic heterocycles. The molecule has 1 aromatic carbocycles. The smallest absolute Gasteiger partial charge is 0.311 e. The number of ether oxygens (including phenoxy) is 1. The quantitative estimate of drug-likeness (QED) is 0.674. The molecule has 2 aliphatic rings. The number of hydrogen-bond donors (Lipinski definition) is 1. The van der Waals surface area contributed by atoms with E-state index < -0.39 is 4.92 Å². The molecule has 0 bridgehead atoms. The molecule has 1 aromatic rings. The first-order valence-electron chi connectivity index (χ1n) is 8.46. The van der Waals surface area contributed by atoms with Gasteiger partial charge in [0.25, 0.3) is 5.91 Å². The molecular weight excluding hydrogens is 310 g/mol. The van der Waals surface area contributed by atoms with Crippen LogP contribution in [0.25, 0.3) is 0 Å². The van der Waals surface area contributed by atoms with E-state index in [0.29, 0.717) is 30.7 Å². The van der Waals surface area contributed by atoms with E-state index in [1.807, 2.05) is 4.90 Å². The molecule has 0 unspecified atom stereocenters. The van der Waals surface area contributed by atoms with Crippen LogP contribution in [0.15, 0.2) is 18.2 Å². The Morgan fingerprint density at radius 2 is 2.12 bits per heavy atom. The molecule has 2 saturated heterocycles. The number of piperidine rings is 1. The molecule has 3 rings (SSSR count). The van der Waals surface area contributed by atoms with E-state index in [1.54, 1.807) is 13.0 Å². The van der Waals surface area contributed by atoms with Crippen molar-refractivity contribution >= 4 is 11.6 Å². The van der Waals surface area contributed by atoms with Crippen molar-refractivity contribution in [3.8, 4) is 5.75 Å². The maximum atomic E-state index is 12.7. The molecule has 1 spiro atoms. The van der Waals surface area contributed by atoms with Crippen molar-refractivity contribution in [1.82, 2.24) is 10.2 Å². The average Bonchev–Trinajstić information content (AvgIpc) is 3.03. The highest BCUT2D eigenvalue weighted by atomic mass is 16.6. The van der Waals surface area contributed by atoms with E-state index in [-0.39, 0.29) is 17.3 Å². The number of nitro benzene ring substituents is 1. The molecule has 2 fully saturated rings. The fourth-order valence-corrected chi connectivity index (χ4v) is 3.66. The number of nitro groups is 1. The normalized spacial score (nSPS) is 19.5. The van der Waals surface area contributed by atoms with Gasteiger partial charge in [0.2, 0.25) is 0 Å². The molecule has 0 aliphatic carbocycles. The SMILES string of the molecule is CCOc1ccc(C(=O)N2CCC3(CCNC3)CC2)cc1[N+](=O)[O-]. The summed E-state index contributed by atoms with van der Waals surface area (Å²) >= 11 is 0. The highest BCUT2D eigenvalue weighted by molar-refractivity contribution is 5.95. The van der Waals surface area contributed by atoms with Crippen LogP contribution in [0.2, 0.25) is 0 Å². The zero-order valence-corrected chi connectivity index (χ0v) is 13.9. The van der Waals surface area contributed by atoms with Crippen LogP contribution in [-0.4, -0.2) is 48.5 Å². The summed E-state index contributed by atoms with van der Waals surface area (Å²) in [6, 6.07) is 4.46. The number of amides is 1. The van der Waals surface area contributed by atoms with Gasteiger partial charge in [-0.2, -0.15) is 0 Å². The number of benzene rings is 1. The first-order valence-corrected chi connectivity index (χ1v) is 8.46. The van der Waals surface area contributed by atoms with Crippen LogP contribution in [0, 0.1) is 15.5 Å². The zero-order chi connectivity index (χ0) is 17.2. The minimum absolute atomic E-state index is 0.137. The van der Waals surface area contributed by atoms with Crippen LogP contribution in [-0.2, 0) is 0 Å². The number of rotatable bonds is 4. The third-order valence-electron chi connectivity index (χ3n) is 5.15. The van der Waals surface area contributed by atoms with Crippen LogP contribution < -0.4 is 10.1 Å². The largest absolute Gasteiger partial charge is 0.487 e. The second-order valence-electron chi connectivity index (χ2n) is 6.59. The molecule has 2 aliphatic heterocycles. The summed E-state index contributed by atoms with van der Waals surface area (Å²) in [5.41, 5.74) is 0.531. The molecule has 1 N–H and O–H groups in total. The van der Waals surface area contributed by atoms with E-state index in [4.69, 9.17) is 4.74 Å². The summed E-state index contributed by atoms with van der Waals surface area (Å²) in [5.74, 6) is 0.0654. The molecule has 0 saturated carbocycles. The molecule has 24 heavy (non-hydrogen) atoms. The van der Waals surface area contributed by atoms with Crippen molar-refractivity contribution < 1.29 is 14.5 Å². The molecule has 0 atom stereocenters. The molecule has 0 radical (unpaired) electrons. The van der Waals surface area contributed by atoms with E-state index in [1.165, 1.54) is 18.6 Å². The Bertz CT molecular complexity index is 631. The Labute approximate surface area is 141 Å². The summed E-state index contributed by atoms with van der Waals surface area (Å²) in [6.45, 7) is 5.62. The van der Waals surface area contributed by atoms with Crippen molar-refractivity contribution in [2.75, 3.05) is 32.8 Å². The number of carbonyl (C=O) groups is 1. The van der Waals surface area contributed by atoms with E-state index >= 15 is 0 Å². The monoisotopic (exact) mass is 333 g/mol. The van der Waals surface area contributed by atoms with Gasteiger partial charge in [0, 0.05) is 31.3 Å². The fraction of sp³-hybridized carbons (Fsp3) is 0.588. The van der Waals surface area contributed by atoms with Gasteiger partial charge >= 0.3 is 5.69 Å². The van der Waals surface area contributed by atoms with Crippen molar-refractivity contribution in [3.05, 3.63) is 33.9 Å². The number of nitrogens with one attached hydrogen (secondary N) is 1. The van der Waals surface area contributed by atoms with Gasteiger partial charge in [-0.25, -0.2) is 0 Å². The van der Waals surface area contributed by atoms with Crippen molar-refractivity contribution in [3.63, 3.8) is 0 Å². The number of hydrogen-bond acceptors (Lipinski definition) is 5. The van der Waals surface area contributed by atoms with Gasteiger partial charge in [-0.3, -0.25) is 14.9 Å². The summed E-state index contributed by atoms with van der Waals surface area (Å²) in [7, 11) is 0. The summed E-state index contributed by atoms with van der Waals surface area (Å²) in [5, 5.41) is 14.6. The predicted octanol–water partition coefficient (Wildman–Crippen LogP) is 2.21. The predicted molar refractivity (Wildman–Crippen MR) is 89.3 cm³/mol. The summed E-state index contributed by atoms with van der Waals surface area (Å²) in [4.78, 5) is 25.2. The van der Waals surface area contributed by atoms with E-state index in [9.17, 15) is 14.9 Å². The van der Waals surface area contributed by atoms with Gasteiger partial charge in [0.05, 0.1) is 11.5 Å². The standard InChI is InChI=1S/C17H23N3O4/c1-2-24-15-4-3-13(11-14(15)20(22)23)16(21)19-9-6-17(7-10-19)5-8-18-12-17/h3-4,11,18H,2,5-10,12H2,1H3. The lowest BCUT2D eigenvalue weighted by atomic mass is 9.78. The van der Waals surface area contributed by atoms with Gasteiger partial charge in [-0.05, 0) is 50.3 Å². The topological polar surface area (TPSA) is 84.7 Å². The average molecular weight is 333 g/mol. The lowest BCUT2D eigenvalue weighted by Crippen LogP contribution is -2.44. The number of nitrogens with zero attached hydrogens (tertiary/aromatic N) is 2. The minimum Gasteiger partial charge on any atom is -0.487 e. The Morgan fingerprint density at radius 1 is 1.38 bits per heavy atom. The fourth-order valence-electron chi connectivity index (χ4n) is 3.66. The van der Waals surface area contributed by atoms with E-state index in [0.717, 1.165) is 25.9 Å². The minimum atomic E-state index is -0.503. The zero-order valence-electron chi connectivity index (χ0n) is 13.9. The molecular formula is C17H23N3O4. The van der Waals surface area contributed by atoms with Gasteiger partial charge in [-0.15, -0.1) is 0 Å². The molecule has 7 heteroatoms. The van der Waals surface area contributed by atoms with Gasteiger partial charge in [-0.1, -0.05) is 0 Å². The van der Waals surface area contributed by atoms with Crippen LogP contribution in [0.5, 0.6) is 5.75 Å². The summed E-state index contributed by atoms with van der Waals surface area (Å²) in [6.07, 6.45) is 3.15. The van der Waals surface area contributed by atoms with Crippen LogP contribution in [0.4, 0.5) is 5.69 Å². The maximum Gasteiger partial charge on any atom is 0.311 e. The molecule has 2 heterocycles. The van der Waals surface area contributed by atoms with Crippen LogP contribution >= 0.6 is 0 Å². The second-order valence-corrected chi connectivity index (χ2v) is 6.59. The van der Waals surface area contributed by atoms with Gasteiger partial charge in [0.15, 0.2) is 5.75 Å². The lowest BCUT2D eigenvalue weighted by molar-refractivity contribution is -0.385. The van der Waals surface area contributed by atoms with Crippen molar-refractivity contribution in [1.29, 1.82) is 0 Å². The van der Waals surface area contributed by atoms with Crippen LogP contribution in [0.1, 0.15) is 36.5 Å². The Morgan fingerprint density at radius 3 is 2.71 bits per heavy atom. The van der Waals surface area contributed by atoms with Crippen molar-refractivity contribution in [2.24, 2.45) is 5.41 Å². The third-order valence-corrected chi connectivity index (χ3v) is 5.15. The van der Waals surface area contributed by atoms with E-state index in [2.05, 4.69) is 5.32 Å². The van der Waals surface area contributed by atoms with Gasteiger partial charge in [0.1, 0.15) is 0 Å². The number of likely N-dealkylation sites (tertiary alicyclic amines) is 1. The maximum absolute atomic E-state index is 12.7. The Hall–Kier alpha value is -2.15. The summed E-state index contributed by atoms with van der Waals surface area (Å²) < 4.78 is 5.27. The Balaban J connectivity index is 1.73. The number of carbonyl (C=O) groups excluding carboxylic acids is 1. The van der Waals surface area contributed by atoms with Gasteiger partial charge < -0.3 is 15.0 Å². The molecule has 130 valence electrons. The van der Waals surface area contributed by atoms with Crippen LogP contribution in [0.3, 0.4) is 0 Å². The third kappa shape index (κ3) is 3.21.